The first kappa shape index (κ1) is 16.4. The van der Waals surface area contributed by atoms with Crippen LogP contribution in [0.5, 0.6) is 0 Å². The fraction of sp³-hybridized carbons (Fsp3) is 0.722. The summed E-state index contributed by atoms with van der Waals surface area (Å²) in [6.07, 6.45) is 4.94. The highest BCUT2D eigenvalue weighted by Gasteiger charge is 2.35. The lowest BCUT2D eigenvalue weighted by atomic mass is 9.68. The number of pyridine rings is 1. The molecule has 1 heterocycles. The Morgan fingerprint density at radius 3 is 2.67 bits per heavy atom. The van der Waals surface area contributed by atoms with Gasteiger partial charge in [-0.1, -0.05) is 26.8 Å². The number of rotatable bonds is 4. The second-order valence-corrected chi connectivity index (χ2v) is 7.72. The van der Waals surface area contributed by atoms with Crippen LogP contribution >= 0.6 is 0 Å². The van der Waals surface area contributed by atoms with Gasteiger partial charge in [0.15, 0.2) is 0 Å². The first-order valence-electron chi connectivity index (χ1n) is 8.13. The van der Waals surface area contributed by atoms with E-state index in [9.17, 15) is 5.11 Å². The van der Waals surface area contributed by atoms with E-state index in [1.165, 1.54) is 0 Å². The molecule has 0 amide bonds. The van der Waals surface area contributed by atoms with Crippen molar-refractivity contribution in [3.63, 3.8) is 0 Å². The maximum absolute atomic E-state index is 10.3. The molecule has 3 nitrogen and oxygen atoms in total. The van der Waals surface area contributed by atoms with Gasteiger partial charge in [-0.05, 0) is 55.7 Å². The Kier molecular flexibility index (Phi) is 5.39. The number of nitrogens with zero attached hydrogens (tertiary/aromatic N) is 2. The zero-order valence-electron chi connectivity index (χ0n) is 13.9. The van der Waals surface area contributed by atoms with E-state index < -0.39 is 0 Å². The first-order valence-corrected chi connectivity index (χ1v) is 8.13. The standard InChI is InChI=1S/C18H30N2O/c1-18(2,3)15-8-9-17(21)14(11-15)12-20(4)13-16-7-5-6-10-19-16/h5-7,10,14-15,17,21H,8-9,11-13H2,1-4H3. The molecular formula is C18H30N2O. The van der Waals surface area contributed by atoms with E-state index >= 15 is 0 Å². The van der Waals surface area contributed by atoms with E-state index in [1.807, 2.05) is 18.3 Å². The van der Waals surface area contributed by atoms with Crippen molar-refractivity contribution in [1.82, 2.24) is 9.88 Å². The minimum absolute atomic E-state index is 0.144. The second kappa shape index (κ2) is 6.89. The zero-order valence-corrected chi connectivity index (χ0v) is 13.9. The molecule has 118 valence electrons. The van der Waals surface area contributed by atoms with E-state index in [0.29, 0.717) is 17.3 Å². The molecule has 1 fully saturated rings. The molecule has 1 aliphatic carbocycles. The molecule has 1 N–H and O–H groups in total. The Balaban J connectivity index is 1.91. The molecule has 1 aliphatic rings. The molecule has 3 unspecified atom stereocenters. The van der Waals surface area contributed by atoms with Gasteiger partial charge in [-0.3, -0.25) is 4.98 Å². The van der Waals surface area contributed by atoms with Gasteiger partial charge >= 0.3 is 0 Å². The number of aromatic nitrogens is 1. The smallest absolute Gasteiger partial charge is 0.0580 e. The third-order valence-electron chi connectivity index (χ3n) is 4.87. The Morgan fingerprint density at radius 2 is 2.05 bits per heavy atom. The van der Waals surface area contributed by atoms with Gasteiger partial charge < -0.3 is 10.0 Å². The topological polar surface area (TPSA) is 36.4 Å². The van der Waals surface area contributed by atoms with Crippen molar-refractivity contribution in [2.75, 3.05) is 13.6 Å². The van der Waals surface area contributed by atoms with Crippen molar-refractivity contribution >= 4 is 0 Å². The third kappa shape index (κ3) is 4.79. The van der Waals surface area contributed by atoms with Gasteiger partial charge in [0, 0.05) is 19.3 Å². The summed E-state index contributed by atoms with van der Waals surface area (Å²) in [7, 11) is 2.13. The highest BCUT2D eigenvalue weighted by atomic mass is 16.3. The molecule has 0 bridgehead atoms. The van der Waals surface area contributed by atoms with Crippen LogP contribution in [0.2, 0.25) is 0 Å². The summed E-state index contributed by atoms with van der Waals surface area (Å²) < 4.78 is 0. The van der Waals surface area contributed by atoms with Crippen molar-refractivity contribution in [1.29, 1.82) is 0 Å². The van der Waals surface area contributed by atoms with Crippen LogP contribution in [0.25, 0.3) is 0 Å². The van der Waals surface area contributed by atoms with Gasteiger partial charge in [-0.2, -0.15) is 0 Å². The van der Waals surface area contributed by atoms with Gasteiger partial charge in [0.25, 0.3) is 0 Å². The van der Waals surface area contributed by atoms with Crippen molar-refractivity contribution in [2.24, 2.45) is 17.3 Å². The third-order valence-corrected chi connectivity index (χ3v) is 4.87. The van der Waals surface area contributed by atoms with Crippen LogP contribution < -0.4 is 0 Å². The second-order valence-electron chi connectivity index (χ2n) is 7.72. The van der Waals surface area contributed by atoms with Gasteiger partial charge in [-0.15, -0.1) is 0 Å². The number of hydrogen-bond acceptors (Lipinski definition) is 3. The van der Waals surface area contributed by atoms with Gasteiger partial charge in [-0.25, -0.2) is 0 Å². The fourth-order valence-electron chi connectivity index (χ4n) is 3.46. The summed E-state index contributed by atoms with van der Waals surface area (Å²) in [6, 6.07) is 6.04. The number of aliphatic hydroxyl groups excluding tert-OH is 1. The largest absolute Gasteiger partial charge is 0.393 e. The van der Waals surface area contributed by atoms with Crippen LogP contribution in [0, 0.1) is 17.3 Å². The molecule has 1 aromatic rings. The SMILES string of the molecule is CN(Cc1ccccn1)CC1CC(C(C)(C)C)CCC1O. The fourth-order valence-corrected chi connectivity index (χ4v) is 3.46. The monoisotopic (exact) mass is 290 g/mol. The van der Waals surface area contributed by atoms with E-state index in [0.717, 1.165) is 38.0 Å². The van der Waals surface area contributed by atoms with Crippen LogP contribution in [0.3, 0.4) is 0 Å². The average molecular weight is 290 g/mol. The Bertz CT molecular complexity index is 427. The van der Waals surface area contributed by atoms with Crippen LogP contribution in [-0.4, -0.2) is 34.7 Å². The molecule has 1 aromatic heterocycles. The molecule has 3 heteroatoms. The molecule has 2 rings (SSSR count). The van der Waals surface area contributed by atoms with Crippen LogP contribution in [0.15, 0.2) is 24.4 Å². The highest BCUT2D eigenvalue weighted by Crippen LogP contribution is 2.40. The maximum Gasteiger partial charge on any atom is 0.0580 e. The van der Waals surface area contributed by atoms with Gasteiger partial charge in [0.1, 0.15) is 0 Å². The first-order chi connectivity index (χ1) is 9.86. The zero-order chi connectivity index (χ0) is 15.5. The summed E-state index contributed by atoms with van der Waals surface area (Å²) in [5.41, 5.74) is 1.44. The lowest BCUT2D eigenvalue weighted by Gasteiger charge is -2.41. The summed E-state index contributed by atoms with van der Waals surface area (Å²) >= 11 is 0. The van der Waals surface area contributed by atoms with Crippen LogP contribution in [0.1, 0.15) is 45.7 Å². The Morgan fingerprint density at radius 1 is 1.29 bits per heavy atom. The quantitative estimate of drug-likeness (QED) is 0.924. The molecule has 0 spiro atoms. The van der Waals surface area contributed by atoms with E-state index in [1.54, 1.807) is 0 Å². The average Bonchev–Trinajstić information content (AvgIpc) is 2.41. The predicted octanol–water partition coefficient (Wildman–Crippen LogP) is 3.34. The number of aliphatic hydroxyl groups is 1. The minimum Gasteiger partial charge on any atom is -0.393 e. The van der Waals surface area contributed by atoms with E-state index in [4.69, 9.17) is 0 Å². The minimum atomic E-state index is -0.144. The van der Waals surface area contributed by atoms with Crippen LogP contribution in [0.4, 0.5) is 0 Å². The molecule has 0 aliphatic heterocycles. The molecule has 0 saturated heterocycles. The molecular weight excluding hydrogens is 260 g/mol. The summed E-state index contributed by atoms with van der Waals surface area (Å²) in [5.74, 6) is 1.10. The summed E-state index contributed by atoms with van der Waals surface area (Å²) in [4.78, 5) is 6.67. The van der Waals surface area contributed by atoms with Gasteiger partial charge in [0.2, 0.25) is 0 Å². The van der Waals surface area contributed by atoms with E-state index in [-0.39, 0.29) is 6.10 Å². The summed E-state index contributed by atoms with van der Waals surface area (Å²) in [5, 5.41) is 10.3. The molecule has 0 radical (unpaired) electrons. The van der Waals surface area contributed by atoms with Gasteiger partial charge in [0.05, 0.1) is 11.8 Å². The Labute approximate surface area is 129 Å². The number of hydrogen-bond donors (Lipinski definition) is 1. The molecule has 3 atom stereocenters. The summed E-state index contributed by atoms with van der Waals surface area (Å²) in [6.45, 7) is 8.77. The highest BCUT2D eigenvalue weighted by molar-refractivity contribution is 5.03. The van der Waals surface area contributed by atoms with Crippen molar-refractivity contribution in [3.05, 3.63) is 30.1 Å². The lowest BCUT2D eigenvalue weighted by molar-refractivity contribution is 0.00547. The normalized spacial score (nSPS) is 27.0. The molecule has 21 heavy (non-hydrogen) atoms. The molecule has 1 saturated carbocycles. The van der Waals surface area contributed by atoms with Crippen molar-refractivity contribution in [3.8, 4) is 0 Å². The molecule has 0 aromatic carbocycles. The maximum atomic E-state index is 10.3. The van der Waals surface area contributed by atoms with Crippen LogP contribution in [-0.2, 0) is 6.54 Å². The van der Waals surface area contributed by atoms with Crippen molar-refractivity contribution < 1.29 is 5.11 Å². The predicted molar refractivity (Wildman–Crippen MR) is 86.9 cm³/mol. The lowest BCUT2D eigenvalue weighted by Crippen LogP contribution is -2.40. The van der Waals surface area contributed by atoms with Crippen molar-refractivity contribution in [2.45, 2.75) is 52.7 Å². The van der Waals surface area contributed by atoms with E-state index in [2.05, 4.69) is 43.8 Å². The Hall–Kier alpha value is -0.930.